The molecule has 2 aromatic carbocycles. The molecule has 2 N–H and O–H groups in total. The predicted molar refractivity (Wildman–Crippen MR) is 85.7 cm³/mol. The van der Waals surface area contributed by atoms with Gasteiger partial charge in [0.15, 0.2) is 0 Å². The van der Waals surface area contributed by atoms with Gasteiger partial charge in [-0.15, -0.1) is 0 Å². The van der Waals surface area contributed by atoms with Crippen LogP contribution >= 0.6 is 0 Å². The molecule has 0 fully saturated rings. The van der Waals surface area contributed by atoms with Gasteiger partial charge in [-0.1, -0.05) is 24.3 Å². The van der Waals surface area contributed by atoms with Crippen LogP contribution in [0.5, 0.6) is 5.75 Å². The Morgan fingerprint density at radius 2 is 1.65 bits per heavy atom. The number of para-hydroxylation sites is 2. The number of phenols is 1. The summed E-state index contributed by atoms with van der Waals surface area (Å²) in [6, 6.07) is 12.3. The molecule has 2 rings (SSSR count). The largest absolute Gasteiger partial charge is 0.507 e. The second-order valence-electron chi connectivity index (χ2n) is 5.34. The fourth-order valence-electron chi connectivity index (χ4n) is 2.36. The second kappa shape index (κ2) is 5.87. The summed E-state index contributed by atoms with van der Waals surface area (Å²) in [6.07, 6.45) is 0. The van der Waals surface area contributed by atoms with E-state index in [1.807, 2.05) is 52.2 Å². The number of hydrogen-bond acceptors (Lipinski definition) is 3. The van der Waals surface area contributed by atoms with Crippen molar-refractivity contribution in [1.29, 1.82) is 0 Å². The normalized spacial score (nSPS) is 10.4. The van der Waals surface area contributed by atoms with E-state index < -0.39 is 0 Å². The molecule has 0 bridgehead atoms. The van der Waals surface area contributed by atoms with Crippen LogP contribution < -0.4 is 10.2 Å². The first-order valence-electron chi connectivity index (χ1n) is 6.78. The van der Waals surface area contributed by atoms with Crippen LogP contribution in [0.15, 0.2) is 36.4 Å². The van der Waals surface area contributed by atoms with Crippen LogP contribution in [0.3, 0.4) is 0 Å². The maximum atomic E-state index is 9.81. The van der Waals surface area contributed by atoms with Gasteiger partial charge in [0, 0.05) is 20.6 Å². The van der Waals surface area contributed by atoms with Gasteiger partial charge in [0.05, 0.1) is 11.4 Å². The number of aryl methyl sites for hydroxylation is 2. The number of nitrogens with one attached hydrogen (secondary N) is 1. The Labute approximate surface area is 120 Å². The monoisotopic (exact) mass is 270 g/mol. The maximum absolute atomic E-state index is 9.81. The molecular formula is C17H22N2O. The SMILES string of the molecule is Cc1cc(CNc2ccccc2N(C)C)cc(C)c1O. The molecule has 0 saturated carbocycles. The minimum atomic E-state index is 0.391. The highest BCUT2D eigenvalue weighted by molar-refractivity contribution is 5.69. The fourth-order valence-corrected chi connectivity index (χ4v) is 2.36. The Morgan fingerprint density at radius 1 is 1.05 bits per heavy atom. The molecule has 0 aliphatic rings. The molecule has 20 heavy (non-hydrogen) atoms. The molecule has 2 aromatic rings. The zero-order chi connectivity index (χ0) is 14.7. The number of benzene rings is 2. The first-order valence-corrected chi connectivity index (χ1v) is 6.78. The first kappa shape index (κ1) is 14.3. The smallest absolute Gasteiger partial charge is 0.121 e. The molecule has 0 aliphatic heterocycles. The molecule has 0 unspecified atom stereocenters. The van der Waals surface area contributed by atoms with Gasteiger partial charge < -0.3 is 15.3 Å². The van der Waals surface area contributed by atoms with E-state index in [0.717, 1.165) is 23.4 Å². The lowest BCUT2D eigenvalue weighted by Gasteiger charge is -2.18. The van der Waals surface area contributed by atoms with E-state index in [1.165, 1.54) is 11.3 Å². The van der Waals surface area contributed by atoms with Crippen molar-refractivity contribution in [3.63, 3.8) is 0 Å². The van der Waals surface area contributed by atoms with E-state index in [2.05, 4.69) is 22.3 Å². The zero-order valence-electron chi connectivity index (χ0n) is 12.6. The molecule has 0 aliphatic carbocycles. The highest BCUT2D eigenvalue weighted by atomic mass is 16.3. The van der Waals surface area contributed by atoms with Gasteiger partial charge in [-0.05, 0) is 42.7 Å². The standard InChI is InChI=1S/C17H22N2O/c1-12-9-14(10-13(2)17(12)20)11-18-15-7-5-6-8-16(15)19(3)4/h5-10,18,20H,11H2,1-4H3. The van der Waals surface area contributed by atoms with Crippen molar-refractivity contribution >= 4 is 11.4 Å². The predicted octanol–water partition coefficient (Wildman–Crippen LogP) is 3.69. The van der Waals surface area contributed by atoms with Gasteiger partial charge in [-0.2, -0.15) is 0 Å². The number of rotatable bonds is 4. The molecule has 0 heterocycles. The number of anilines is 2. The van der Waals surface area contributed by atoms with Crippen LogP contribution in [0, 0.1) is 13.8 Å². The molecule has 0 aromatic heterocycles. The van der Waals surface area contributed by atoms with Crippen LogP contribution in [0.2, 0.25) is 0 Å². The Kier molecular flexibility index (Phi) is 4.18. The molecule has 0 amide bonds. The van der Waals surface area contributed by atoms with Gasteiger partial charge in [0.1, 0.15) is 5.75 Å². The summed E-state index contributed by atoms with van der Waals surface area (Å²) < 4.78 is 0. The summed E-state index contributed by atoms with van der Waals surface area (Å²) in [5, 5.41) is 13.3. The third-order valence-corrected chi connectivity index (χ3v) is 3.42. The van der Waals surface area contributed by atoms with Crippen LogP contribution in [0.1, 0.15) is 16.7 Å². The van der Waals surface area contributed by atoms with E-state index in [1.54, 1.807) is 0 Å². The van der Waals surface area contributed by atoms with Crippen molar-refractivity contribution in [2.24, 2.45) is 0 Å². The van der Waals surface area contributed by atoms with Gasteiger partial charge in [-0.3, -0.25) is 0 Å². The van der Waals surface area contributed by atoms with E-state index in [-0.39, 0.29) is 0 Å². The summed E-state index contributed by atoms with van der Waals surface area (Å²) in [6.45, 7) is 4.60. The molecule has 3 nitrogen and oxygen atoms in total. The highest BCUT2D eigenvalue weighted by Gasteiger charge is 2.06. The molecule has 0 spiro atoms. The van der Waals surface area contributed by atoms with E-state index in [4.69, 9.17) is 0 Å². The Morgan fingerprint density at radius 3 is 2.25 bits per heavy atom. The van der Waals surface area contributed by atoms with Crippen molar-refractivity contribution in [2.75, 3.05) is 24.3 Å². The van der Waals surface area contributed by atoms with Crippen LogP contribution in [0.4, 0.5) is 11.4 Å². The van der Waals surface area contributed by atoms with Crippen molar-refractivity contribution in [2.45, 2.75) is 20.4 Å². The summed E-state index contributed by atoms with van der Waals surface area (Å²) >= 11 is 0. The van der Waals surface area contributed by atoms with Gasteiger partial charge >= 0.3 is 0 Å². The molecular weight excluding hydrogens is 248 g/mol. The third kappa shape index (κ3) is 3.05. The summed E-state index contributed by atoms with van der Waals surface area (Å²) in [7, 11) is 4.07. The lowest BCUT2D eigenvalue weighted by Crippen LogP contribution is -2.12. The van der Waals surface area contributed by atoms with E-state index >= 15 is 0 Å². The average molecular weight is 270 g/mol. The summed E-state index contributed by atoms with van der Waals surface area (Å²) in [4.78, 5) is 2.09. The van der Waals surface area contributed by atoms with E-state index in [0.29, 0.717) is 5.75 Å². The van der Waals surface area contributed by atoms with Crippen LogP contribution in [0.25, 0.3) is 0 Å². The Balaban J connectivity index is 2.17. The molecule has 3 heteroatoms. The Hall–Kier alpha value is -2.16. The minimum Gasteiger partial charge on any atom is -0.507 e. The number of nitrogens with zero attached hydrogens (tertiary/aromatic N) is 1. The van der Waals surface area contributed by atoms with Crippen molar-refractivity contribution in [3.05, 3.63) is 53.1 Å². The lowest BCUT2D eigenvalue weighted by atomic mass is 10.1. The lowest BCUT2D eigenvalue weighted by molar-refractivity contribution is 0.466. The number of hydrogen-bond donors (Lipinski definition) is 2. The maximum Gasteiger partial charge on any atom is 0.121 e. The van der Waals surface area contributed by atoms with Gasteiger partial charge in [0.25, 0.3) is 0 Å². The zero-order valence-corrected chi connectivity index (χ0v) is 12.6. The summed E-state index contributed by atoms with van der Waals surface area (Å²) in [5.41, 5.74) is 5.29. The van der Waals surface area contributed by atoms with Crippen molar-refractivity contribution in [1.82, 2.24) is 0 Å². The number of phenolic OH excluding ortho intramolecular Hbond substituents is 1. The van der Waals surface area contributed by atoms with Crippen molar-refractivity contribution in [3.8, 4) is 5.75 Å². The fraction of sp³-hybridized carbons (Fsp3) is 0.294. The Bertz CT molecular complexity index is 583. The number of aromatic hydroxyl groups is 1. The quantitative estimate of drug-likeness (QED) is 0.889. The third-order valence-electron chi connectivity index (χ3n) is 3.42. The molecule has 0 radical (unpaired) electrons. The molecule has 0 saturated heterocycles. The van der Waals surface area contributed by atoms with Crippen molar-refractivity contribution < 1.29 is 5.11 Å². The minimum absolute atomic E-state index is 0.391. The highest BCUT2D eigenvalue weighted by Crippen LogP contribution is 2.26. The van der Waals surface area contributed by atoms with Gasteiger partial charge in [-0.25, -0.2) is 0 Å². The first-order chi connectivity index (χ1) is 9.49. The summed E-state index contributed by atoms with van der Waals surface area (Å²) in [5.74, 6) is 0.391. The van der Waals surface area contributed by atoms with Gasteiger partial charge in [0.2, 0.25) is 0 Å². The second-order valence-corrected chi connectivity index (χ2v) is 5.34. The average Bonchev–Trinajstić information content (AvgIpc) is 2.42. The van der Waals surface area contributed by atoms with Crippen LogP contribution in [-0.4, -0.2) is 19.2 Å². The molecule has 106 valence electrons. The van der Waals surface area contributed by atoms with Crippen LogP contribution in [-0.2, 0) is 6.54 Å². The topological polar surface area (TPSA) is 35.5 Å². The van der Waals surface area contributed by atoms with E-state index in [9.17, 15) is 5.11 Å². The molecule has 0 atom stereocenters.